The predicted molar refractivity (Wildman–Crippen MR) is 106 cm³/mol. The molecule has 1 heterocycles. The summed E-state index contributed by atoms with van der Waals surface area (Å²) in [5, 5.41) is 4.28. The van der Waals surface area contributed by atoms with E-state index in [4.69, 9.17) is 9.57 Å². The van der Waals surface area contributed by atoms with Crippen molar-refractivity contribution in [3.63, 3.8) is 0 Å². The predicted octanol–water partition coefficient (Wildman–Crippen LogP) is 3.94. The Kier molecular flexibility index (Phi) is 6.12. The fourth-order valence-electron chi connectivity index (χ4n) is 3.30. The van der Waals surface area contributed by atoms with Crippen LogP contribution in [0.15, 0.2) is 53.7 Å². The van der Waals surface area contributed by atoms with Crippen LogP contribution in [0.2, 0.25) is 0 Å². The van der Waals surface area contributed by atoms with Crippen LogP contribution in [-0.2, 0) is 16.2 Å². The number of methoxy groups -OCH3 is 1. The van der Waals surface area contributed by atoms with Crippen LogP contribution in [0.5, 0.6) is 5.75 Å². The highest BCUT2D eigenvalue weighted by molar-refractivity contribution is 6.02. The quantitative estimate of drug-likeness (QED) is 0.746. The van der Waals surface area contributed by atoms with E-state index in [1.165, 1.54) is 5.56 Å². The molecule has 1 amide bonds. The van der Waals surface area contributed by atoms with Crippen LogP contribution in [0.3, 0.4) is 0 Å². The highest BCUT2D eigenvalue weighted by atomic mass is 16.6. The molecule has 5 heteroatoms. The third kappa shape index (κ3) is 4.67. The molecule has 0 unspecified atom stereocenters. The minimum atomic E-state index is -0.124. The van der Waals surface area contributed by atoms with Gasteiger partial charge >= 0.3 is 0 Å². The molecule has 2 aromatic rings. The van der Waals surface area contributed by atoms with E-state index < -0.39 is 0 Å². The Bertz CT molecular complexity index is 832. The van der Waals surface area contributed by atoms with Crippen molar-refractivity contribution in [2.75, 3.05) is 13.7 Å². The molecular formula is C22H26N2O3. The lowest BCUT2D eigenvalue weighted by molar-refractivity contribution is -0.133. The third-order valence-electron chi connectivity index (χ3n) is 4.78. The maximum atomic E-state index is 12.5. The summed E-state index contributed by atoms with van der Waals surface area (Å²) in [6, 6.07) is 16.0. The molecule has 0 saturated heterocycles. The van der Waals surface area contributed by atoms with E-state index >= 15 is 0 Å². The number of nitrogens with zero attached hydrogens (tertiary/aromatic N) is 2. The van der Waals surface area contributed by atoms with Gasteiger partial charge in [-0.1, -0.05) is 48.5 Å². The number of rotatable bonds is 7. The largest absolute Gasteiger partial charge is 0.497 e. The van der Waals surface area contributed by atoms with Crippen molar-refractivity contribution in [3.05, 3.63) is 65.2 Å². The first kappa shape index (κ1) is 19.0. The molecule has 0 radical (unpaired) electrons. The summed E-state index contributed by atoms with van der Waals surface area (Å²) in [5.74, 6) is 0.893. The second-order valence-corrected chi connectivity index (χ2v) is 6.76. The van der Waals surface area contributed by atoms with Gasteiger partial charge in [-0.2, -0.15) is 0 Å². The molecule has 0 aliphatic carbocycles. The van der Waals surface area contributed by atoms with Gasteiger partial charge in [0.2, 0.25) is 5.91 Å². The van der Waals surface area contributed by atoms with Crippen LogP contribution < -0.4 is 4.74 Å². The number of amides is 1. The molecule has 0 spiro atoms. The number of hydrogen-bond acceptors (Lipinski definition) is 4. The van der Waals surface area contributed by atoms with Crippen LogP contribution >= 0.6 is 0 Å². The van der Waals surface area contributed by atoms with E-state index in [1.54, 1.807) is 7.11 Å². The van der Waals surface area contributed by atoms with Gasteiger partial charge in [0.25, 0.3) is 0 Å². The van der Waals surface area contributed by atoms with Gasteiger partial charge in [0.1, 0.15) is 5.75 Å². The average Bonchev–Trinajstić information content (AvgIpc) is 3.15. The summed E-state index contributed by atoms with van der Waals surface area (Å²) in [5.41, 5.74) is 4.28. The molecule has 5 nitrogen and oxygen atoms in total. The Morgan fingerprint density at radius 3 is 2.81 bits per heavy atom. The maximum absolute atomic E-state index is 12.5. The van der Waals surface area contributed by atoms with Crippen molar-refractivity contribution in [1.29, 1.82) is 0 Å². The first-order valence-corrected chi connectivity index (χ1v) is 9.30. The van der Waals surface area contributed by atoms with Gasteiger partial charge in [-0.25, -0.2) is 0 Å². The Balaban J connectivity index is 1.67. The maximum Gasteiger partial charge on any atom is 0.222 e. The Morgan fingerprint density at radius 2 is 2.07 bits per heavy atom. The zero-order valence-electron chi connectivity index (χ0n) is 16.1. The smallest absolute Gasteiger partial charge is 0.222 e. The zero-order chi connectivity index (χ0) is 19.2. The van der Waals surface area contributed by atoms with Crippen LogP contribution in [0, 0.1) is 6.92 Å². The SMILES string of the molecule is CCC(=O)N(Cc1cccc(OC)c1)C[C@@H]1CC(c2ccccc2C)=NO1. The average molecular weight is 366 g/mol. The number of carbonyl (C=O) groups is 1. The number of oxime groups is 1. The number of benzene rings is 2. The zero-order valence-corrected chi connectivity index (χ0v) is 16.1. The van der Waals surface area contributed by atoms with Gasteiger partial charge in [0.15, 0.2) is 6.10 Å². The van der Waals surface area contributed by atoms with E-state index in [-0.39, 0.29) is 12.0 Å². The number of hydrogen-bond donors (Lipinski definition) is 0. The number of ether oxygens (including phenoxy) is 1. The van der Waals surface area contributed by atoms with Gasteiger partial charge in [-0.3, -0.25) is 4.79 Å². The second-order valence-electron chi connectivity index (χ2n) is 6.76. The Labute approximate surface area is 160 Å². The van der Waals surface area contributed by atoms with Crippen molar-refractivity contribution >= 4 is 11.6 Å². The third-order valence-corrected chi connectivity index (χ3v) is 4.78. The van der Waals surface area contributed by atoms with E-state index in [0.29, 0.717) is 25.9 Å². The number of aryl methyl sites for hydroxylation is 1. The highest BCUT2D eigenvalue weighted by Gasteiger charge is 2.27. The topological polar surface area (TPSA) is 51.1 Å². The first-order valence-electron chi connectivity index (χ1n) is 9.30. The number of carbonyl (C=O) groups excluding carboxylic acids is 1. The molecule has 0 fully saturated rings. The lowest BCUT2D eigenvalue weighted by Gasteiger charge is -2.24. The van der Waals surface area contributed by atoms with Crippen molar-refractivity contribution in [1.82, 2.24) is 4.90 Å². The standard InChI is InChI=1S/C22H26N2O3/c1-4-22(25)24(14-17-9-7-10-18(12-17)26-3)15-19-13-21(23-27-19)20-11-6-5-8-16(20)2/h5-12,19H,4,13-15H2,1-3H3/t19-/m0/s1. The van der Waals surface area contributed by atoms with E-state index in [9.17, 15) is 4.79 Å². The summed E-state index contributed by atoms with van der Waals surface area (Å²) in [4.78, 5) is 20.0. The molecule has 0 N–H and O–H groups in total. The first-order chi connectivity index (χ1) is 13.1. The van der Waals surface area contributed by atoms with Crippen LogP contribution in [0.1, 0.15) is 36.5 Å². The van der Waals surface area contributed by atoms with Gasteiger partial charge in [-0.05, 0) is 30.2 Å². The molecular weight excluding hydrogens is 340 g/mol. The molecule has 142 valence electrons. The van der Waals surface area contributed by atoms with Gasteiger partial charge in [0.05, 0.1) is 19.4 Å². The van der Waals surface area contributed by atoms with Crippen molar-refractivity contribution in [2.45, 2.75) is 39.3 Å². The highest BCUT2D eigenvalue weighted by Crippen LogP contribution is 2.21. The molecule has 27 heavy (non-hydrogen) atoms. The summed E-state index contributed by atoms with van der Waals surface area (Å²) < 4.78 is 5.28. The van der Waals surface area contributed by atoms with E-state index in [1.807, 2.05) is 48.2 Å². The summed E-state index contributed by atoms with van der Waals surface area (Å²) >= 11 is 0. The molecule has 1 aliphatic rings. The van der Waals surface area contributed by atoms with Crippen LogP contribution in [0.25, 0.3) is 0 Å². The molecule has 0 aromatic heterocycles. The van der Waals surface area contributed by atoms with Crippen LogP contribution in [0.4, 0.5) is 0 Å². The molecule has 1 aliphatic heterocycles. The Hall–Kier alpha value is -2.82. The minimum absolute atomic E-state index is 0.103. The van der Waals surface area contributed by atoms with Crippen molar-refractivity contribution in [3.8, 4) is 5.75 Å². The summed E-state index contributed by atoms with van der Waals surface area (Å²) in [7, 11) is 1.64. The molecule has 0 bridgehead atoms. The minimum Gasteiger partial charge on any atom is -0.497 e. The summed E-state index contributed by atoms with van der Waals surface area (Å²) in [6.07, 6.45) is 1.04. The fraction of sp³-hybridized carbons (Fsp3) is 0.364. The monoisotopic (exact) mass is 366 g/mol. The molecule has 1 atom stereocenters. The fourth-order valence-corrected chi connectivity index (χ4v) is 3.30. The van der Waals surface area contributed by atoms with Gasteiger partial charge in [0, 0.05) is 24.9 Å². The molecule has 0 saturated carbocycles. The molecule has 3 rings (SSSR count). The van der Waals surface area contributed by atoms with Crippen molar-refractivity contribution in [2.24, 2.45) is 5.16 Å². The normalized spacial score (nSPS) is 15.8. The molecule has 2 aromatic carbocycles. The van der Waals surface area contributed by atoms with E-state index in [2.05, 4.69) is 24.2 Å². The van der Waals surface area contributed by atoms with Gasteiger partial charge < -0.3 is 14.5 Å². The Morgan fingerprint density at radius 1 is 1.26 bits per heavy atom. The van der Waals surface area contributed by atoms with Crippen LogP contribution in [-0.4, -0.2) is 36.3 Å². The second kappa shape index (κ2) is 8.71. The lowest BCUT2D eigenvalue weighted by atomic mass is 10.00. The van der Waals surface area contributed by atoms with Crippen molar-refractivity contribution < 1.29 is 14.4 Å². The lowest BCUT2D eigenvalue weighted by Crippen LogP contribution is -2.36. The van der Waals surface area contributed by atoms with Gasteiger partial charge in [-0.15, -0.1) is 0 Å². The summed E-state index contributed by atoms with van der Waals surface area (Å²) in [6.45, 7) is 5.00. The van der Waals surface area contributed by atoms with E-state index in [0.717, 1.165) is 22.6 Å².